The smallest absolute Gasteiger partial charge is 0.330 e. The van der Waals surface area contributed by atoms with Gasteiger partial charge >= 0.3 is 5.97 Å². The van der Waals surface area contributed by atoms with Crippen LogP contribution in [-0.2, 0) is 14.9 Å². The van der Waals surface area contributed by atoms with Crippen LogP contribution in [0.2, 0.25) is 0 Å². The summed E-state index contributed by atoms with van der Waals surface area (Å²) in [5, 5.41) is 14.2. The standard InChI is InChI=1S/C20H21N2O3Si/c21-13-4-3-12-20(19(23)24,22-25-26)18-9-5-8-16-15-7-2-1-6-14(15)10-11-17(16)18/h1-2,5-11,22H,3-4,12-13,21H2,(H,23,24)/t20-/m1/s1. The minimum atomic E-state index is -1.38. The van der Waals surface area contributed by atoms with E-state index in [0.29, 0.717) is 24.9 Å². The van der Waals surface area contributed by atoms with E-state index in [1.165, 1.54) is 0 Å². The second-order valence-corrected chi connectivity index (χ2v) is 6.55. The molecule has 0 aliphatic rings. The molecule has 4 N–H and O–H groups in total. The van der Waals surface area contributed by atoms with Gasteiger partial charge in [-0.05, 0) is 52.9 Å². The molecule has 3 aromatic carbocycles. The average molecular weight is 365 g/mol. The number of hydroxylamine groups is 1. The van der Waals surface area contributed by atoms with E-state index in [-0.39, 0.29) is 0 Å². The van der Waals surface area contributed by atoms with E-state index in [2.05, 4.69) is 16.0 Å². The Kier molecular flexibility index (Phi) is 5.68. The minimum absolute atomic E-state index is 0.357. The lowest BCUT2D eigenvalue weighted by molar-refractivity contribution is -0.150. The highest BCUT2D eigenvalue weighted by molar-refractivity contribution is 6.09. The summed E-state index contributed by atoms with van der Waals surface area (Å²) >= 11 is 0. The molecule has 0 aliphatic carbocycles. The monoisotopic (exact) mass is 365 g/mol. The van der Waals surface area contributed by atoms with Gasteiger partial charge in [-0.2, -0.15) is 5.48 Å². The van der Waals surface area contributed by atoms with Crippen LogP contribution in [0.3, 0.4) is 0 Å². The summed E-state index contributed by atoms with van der Waals surface area (Å²) in [6, 6.07) is 17.8. The molecule has 3 aromatic rings. The Hall–Kier alpha value is -2.25. The number of carboxylic acid groups (broad SMARTS) is 1. The number of benzene rings is 3. The fraction of sp³-hybridized carbons (Fsp3) is 0.250. The molecule has 3 radical (unpaired) electrons. The molecule has 0 spiro atoms. The summed E-state index contributed by atoms with van der Waals surface area (Å²) in [5.41, 5.74) is 7.57. The quantitative estimate of drug-likeness (QED) is 0.247. The largest absolute Gasteiger partial charge is 0.480 e. The molecule has 0 saturated carbocycles. The number of fused-ring (bicyclic) bond motifs is 3. The maximum atomic E-state index is 12.3. The zero-order valence-electron chi connectivity index (χ0n) is 14.4. The molecule has 133 valence electrons. The molecule has 3 rings (SSSR count). The Morgan fingerprint density at radius 1 is 1.04 bits per heavy atom. The Bertz CT molecular complexity index is 931. The van der Waals surface area contributed by atoms with Crippen LogP contribution >= 0.6 is 0 Å². The number of carbonyl (C=O) groups is 1. The third-order valence-corrected chi connectivity index (χ3v) is 4.94. The van der Waals surface area contributed by atoms with Gasteiger partial charge < -0.3 is 15.4 Å². The van der Waals surface area contributed by atoms with Crippen LogP contribution in [0.1, 0.15) is 24.8 Å². The van der Waals surface area contributed by atoms with E-state index in [1.54, 1.807) is 0 Å². The van der Waals surface area contributed by atoms with Gasteiger partial charge in [0.1, 0.15) is 0 Å². The predicted octanol–water partition coefficient (Wildman–Crippen LogP) is 3.01. The Morgan fingerprint density at radius 3 is 2.54 bits per heavy atom. The Balaban J connectivity index is 2.24. The second kappa shape index (κ2) is 7.97. The predicted molar refractivity (Wildman–Crippen MR) is 104 cm³/mol. The zero-order valence-corrected chi connectivity index (χ0v) is 15.4. The second-order valence-electron chi connectivity index (χ2n) is 6.35. The van der Waals surface area contributed by atoms with Gasteiger partial charge in [-0.1, -0.05) is 54.6 Å². The fourth-order valence-corrected chi connectivity index (χ4v) is 3.71. The number of aliphatic carboxylic acids is 1. The lowest BCUT2D eigenvalue weighted by Crippen LogP contribution is -2.49. The number of nitrogens with two attached hydrogens (primary N) is 1. The first kappa shape index (κ1) is 18.5. The molecular weight excluding hydrogens is 344 g/mol. The highest BCUT2D eigenvalue weighted by Gasteiger charge is 2.41. The van der Waals surface area contributed by atoms with Crippen molar-refractivity contribution in [1.82, 2.24) is 5.48 Å². The molecule has 0 heterocycles. The third kappa shape index (κ3) is 3.24. The first-order valence-electron chi connectivity index (χ1n) is 8.58. The maximum Gasteiger partial charge on any atom is 0.330 e. The van der Waals surface area contributed by atoms with Gasteiger partial charge in [-0.25, -0.2) is 4.79 Å². The fourth-order valence-electron chi connectivity index (χ4n) is 3.54. The molecule has 0 saturated heterocycles. The van der Waals surface area contributed by atoms with Crippen molar-refractivity contribution < 1.29 is 14.4 Å². The van der Waals surface area contributed by atoms with Crippen molar-refractivity contribution in [1.29, 1.82) is 0 Å². The van der Waals surface area contributed by atoms with E-state index >= 15 is 0 Å². The highest BCUT2D eigenvalue weighted by Crippen LogP contribution is 2.36. The Morgan fingerprint density at radius 2 is 1.81 bits per heavy atom. The van der Waals surface area contributed by atoms with Crippen LogP contribution < -0.4 is 11.2 Å². The van der Waals surface area contributed by atoms with E-state index in [1.807, 2.05) is 54.6 Å². The average Bonchev–Trinajstić information content (AvgIpc) is 2.66. The van der Waals surface area contributed by atoms with Crippen molar-refractivity contribution >= 4 is 38.0 Å². The number of hydrogen-bond donors (Lipinski definition) is 3. The van der Waals surface area contributed by atoms with Gasteiger partial charge in [0.25, 0.3) is 10.5 Å². The van der Waals surface area contributed by atoms with Gasteiger partial charge in [-0.3, -0.25) is 0 Å². The number of carboxylic acids is 1. The molecule has 6 heteroatoms. The van der Waals surface area contributed by atoms with Crippen LogP contribution in [0.25, 0.3) is 21.5 Å². The SMILES string of the molecule is NCCCC[C@](NO[Si])(C(=O)O)c1cccc2c1ccc1ccccc12. The number of hydrogen-bond acceptors (Lipinski definition) is 4. The molecule has 1 atom stereocenters. The molecule has 0 fully saturated rings. The lowest BCUT2D eigenvalue weighted by atomic mass is 9.82. The molecule has 5 nitrogen and oxygen atoms in total. The first-order valence-corrected chi connectivity index (χ1v) is 8.99. The molecule has 0 unspecified atom stereocenters. The van der Waals surface area contributed by atoms with Gasteiger partial charge in [0.15, 0.2) is 5.54 Å². The number of unbranched alkanes of at least 4 members (excludes halogenated alkanes) is 1. The Labute approximate surface area is 155 Å². The van der Waals surface area contributed by atoms with E-state index in [4.69, 9.17) is 10.3 Å². The third-order valence-electron chi connectivity index (χ3n) is 4.84. The van der Waals surface area contributed by atoms with Crippen molar-refractivity contribution in [2.24, 2.45) is 5.73 Å². The maximum absolute atomic E-state index is 12.3. The van der Waals surface area contributed by atoms with Gasteiger partial charge in [0.2, 0.25) is 0 Å². The lowest BCUT2D eigenvalue weighted by Gasteiger charge is -2.31. The van der Waals surface area contributed by atoms with Crippen LogP contribution in [0, 0.1) is 0 Å². The van der Waals surface area contributed by atoms with Crippen LogP contribution in [0.5, 0.6) is 0 Å². The summed E-state index contributed by atoms with van der Waals surface area (Å²) in [7, 11) is 2.92. The van der Waals surface area contributed by atoms with Crippen molar-refractivity contribution in [3.63, 3.8) is 0 Å². The van der Waals surface area contributed by atoms with Crippen LogP contribution in [0.4, 0.5) is 0 Å². The van der Waals surface area contributed by atoms with Crippen molar-refractivity contribution in [2.75, 3.05) is 6.54 Å². The topological polar surface area (TPSA) is 84.6 Å². The minimum Gasteiger partial charge on any atom is -0.480 e. The van der Waals surface area contributed by atoms with Crippen molar-refractivity contribution in [3.8, 4) is 0 Å². The van der Waals surface area contributed by atoms with E-state index in [0.717, 1.165) is 28.0 Å². The van der Waals surface area contributed by atoms with Gasteiger partial charge in [0.05, 0.1) is 0 Å². The summed E-state index contributed by atoms with van der Waals surface area (Å²) < 4.78 is 4.93. The number of nitrogens with one attached hydrogen (secondary N) is 1. The molecule has 26 heavy (non-hydrogen) atoms. The van der Waals surface area contributed by atoms with Gasteiger partial charge in [-0.15, -0.1) is 0 Å². The van der Waals surface area contributed by atoms with E-state index < -0.39 is 11.5 Å². The highest BCUT2D eigenvalue weighted by atomic mass is 28.2. The van der Waals surface area contributed by atoms with Crippen molar-refractivity contribution in [2.45, 2.75) is 24.8 Å². The summed E-state index contributed by atoms with van der Waals surface area (Å²) in [5.74, 6) is -0.992. The van der Waals surface area contributed by atoms with Gasteiger partial charge in [0, 0.05) is 0 Å². The summed E-state index contributed by atoms with van der Waals surface area (Å²) in [6.07, 6.45) is 1.76. The summed E-state index contributed by atoms with van der Waals surface area (Å²) in [4.78, 5) is 12.3. The molecule has 0 aromatic heterocycles. The molecule has 0 amide bonds. The van der Waals surface area contributed by atoms with E-state index in [9.17, 15) is 9.90 Å². The van der Waals surface area contributed by atoms with Crippen LogP contribution in [0.15, 0.2) is 54.6 Å². The normalized spacial score (nSPS) is 13.8. The molecular formula is C20H21N2O3Si. The number of rotatable bonds is 8. The molecule has 0 aliphatic heterocycles. The van der Waals surface area contributed by atoms with Crippen LogP contribution in [-0.4, -0.2) is 28.1 Å². The van der Waals surface area contributed by atoms with Crippen molar-refractivity contribution in [3.05, 3.63) is 60.2 Å². The summed E-state index contributed by atoms with van der Waals surface area (Å²) in [6.45, 7) is 0.518. The first-order chi connectivity index (χ1) is 12.6. The molecule has 0 bridgehead atoms. The zero-order chi connectivity index (χ0) is 18.6.